The van der Waals surface area contributed by atoms with E-state index in [-0.39, 0.29) is 43.3 Å². The molecule has 1 saturated carbocycles. The molecule has 0 aromatic heterocycles. The monoisotopic (exact) mass is 438 g/mol. The number of carboxylic acid groups (broad SMARTS) is 1. The molecule has 0 aromatic carbocycles. The van der Waals surface area contributed by atoms with Gasteiger partial charge in [0, 0.05) is 44.7 Å². The van der Waals surface area contributed by atoms with Crippen molar-refractivity contribution in [1.29, 1.82) is 0 Å². The van der Waals surface area contributed by atoms with Crippen LogP contribution in [0.5, 0.6) is 0 Å². The van der Waals surface area contributed by atoms with Crippen molar-refractivity contribution in [2.24, 2.45) is 5.92 Å². The lowest BCUT2D eigenvalue weighted by atomic mass is 9.83. The van der Waals surface area contributed by atoms with Crippen LogP contribution < -0.4 is 10.6 Å². The lowest BCUT2D eigenvalue weighted by Gasteiger charge is -2.41. The summed E-state index contributed by atoms with van der Waals surface area (Å²) in [5.74, 6) is -0.197. The van der Waals surface area contributed by atoms with Crippen LogP contribution in [0.2, 0.25) is 0 Å². The van der Waals surface area contributed by atoms with E-state index in [9.17, 15) is 9.59 Å². The number of hydrogen-bond acceptors (Lipinski definition) is 4. The number of carbonyl (C=O) groups is 2. The molecule has 3 rings (SSSR count). The number of carboxylic acids is 1. The van der Waals surface area contributed by atoms with Crippen molar-refractivity contribution in [2.75, 3.05) is 39.3 Å². The topological polar surface area (TPSA) is 84.9 Å². The summed E-state index contributed by atoms with van der Waals surface area (Å²) in [6.07, 6.45) is 7.49. The SMILES string of the molecule is Cl.Cl.O=C(O)CC[C@H]1CC[C@H](NC(=O)N2CCN(C3CCNCC3)CC2)CC1. The average Bonchev–Trinajstić information content (AvgIpc) is 2.68. The molecular weight excluding hydrogens is 403 g/mol. The Balaban J connectivity index is 0.00000196. The van der Waals surface area contributed by atoms with Gasteiger partial charge < -0.3 is 20.6 Å². The van der Waals surface area contributed by atoms with E-state index in [2.05, 4.69) is 15.5 Å². The molecule has 0 unspecified atom stereocenters. The van der Waals surface area contributed by atoms with Crippen LogP contribution >= 0.6 is 24.8 Å². The summed E-state index contributed by atoms with van der Waals surface area (Å²) in [4.78, 5) is 27.8. The zero-order chi connectivity index (χ0) is 18.4. The van der Waals surface area contributed by atoms with Crippen LogP contribution in [0.3, 0.4) is 0 Å². The third-order valence-electron chi connectivity index (χ3n) is 6.37. The molecule has 7 nitrogen and oxygen atoms in total. The fraction of sp³-hybridized carbons (Fsp3) is 0.895. The maximum Gasteiger partial charge on any atom is 0.317 e. The van der Waals surface area contributed by atoms with Crippen LogP contribution in [0, 0.1) is 5.92 Å². The number of nitrogens with zero attached hydrogens (tertiary/aromatic N) is 2. The van der Waals surface area contributed by atoms with Crippen molar-refractivity contribution in [3.05, 3.63) is 0 Å². The molecule has 28 heavy (non-hydrogen) atoms. The maximum absolute atomic E-state index is 12.6. The first-order valence-corrected chi connectivity index (χ1v) is 10.3. The number of amides is 2. The Bertz CT molecular complexity index is 476. The molecule has 0 bridgehead atoms. The second kappa shape index (κ2) is 12.7. The van der Waals surface area contributed by atoms with Gasteiger partial charge in [0.05, 0.1) is 0 Å². The highest BCUT2D eigenvalue weighted by Crippen LogP contribution is 2.28. The van der Waals surface area contributed by atoms with Crippen molar-refractivity contribution < 1.29 is 14.7 Å². The second-order valence-electron chi connectivity index (χ2n) is 8.10. The molecule has 0 radical (unpaired) electrons. The zero-order valence-electron chi connectivity index (χ0n) is 16.6. The summed E-state index contributed by atoms with van der Waals surface area (Å²) in [5.41, 5.74) is 0. The number of aliphatic carboxylic acids is 1. The zero-order valence-corrected chi connectivity index (χ0v) is 18.2. The molecule has 2 amide bonds. The number of halogens is 2. The van der Waals surface area contributed by atoms with Gasteiger partial charge in [-0.3, -0.25) is 9.69 Å². The first kappa shape index (κ1) is 25.3. The van der Waals surface area contributed by atoms with Crippen LogP contribution in [-0.4, -0.2) is 78.3 Å². The Labute approximate surface area is 180 Å². The fourth-order valence-electron chi connectivity index (χ4n) is 4.65. The molecule has 3 N–H and O–H groups in total. The van der Waals surface area contributed by atoms with Gasteiger partial charge >= 0.3 is 12.0 Å². The number of rotatable bonds is 5. The standard InChI is InChI=1S/C19H34N4O3.2ClH/c24-18(25)6-3-15-1-4-16(5-2-15)21-19(26)23-13-11-22(12-14-23)17-7-9-20-10-8-17;;/h15-17,20H,1-14H2,(H,21,26)(H,24,25);2*1H/t15-,16-;;. The Kier molecular flexibility index (Phi) is 11.5. The number of piperidine rings is 1. The molecule has 9 heteroatoms. The van der Waals surface area contributed by atoms with Crippen LogP contribution in [0.15, 0.2) is 0 Å². The Morgan fingerprint density at radius 2 is 1.54 bits per heavy atom. The van der Waals surface area contributed by atoms with E-state index in [1.54, 1.807) is 0 Å². The molecule has 1 aliphatic carbocycles. The van der Waals surface area contributed by atoms with Crippen LogP contribution in [0.25, 0.3) is 0 Å². The summed E-state index contributed by atoms with van der Waals surface area (Å²) in [6.45, 7) is 5.84. The predicted octanol–water partition coefficient (Wildman–Crippen LogP) is 2.33. The quantitative estimate of drug-likeness (QED) is 0.613. The van der Waals surface area contributed by atoms with E-state index < -0.39 is 5.97 Å². The summed E-state index contributed by atoms with van der Waals surface area (Å²) < 4.78 is 0. The second-order valence-corrected chi connectivity index (χ2v) is 8.10. The Morgan fingerprint density at radius 1 is 0.929 bits per heavy atom. The van der Waals surface area contributed by atoms with Gasteiger partial charge in [0.15, 0.2) is 0 Å². The normalized spacial score (nSPS) is 26.6. The summed E-state index contributed by atoms with van der Waals surface area (Å²) >= 11 is 0. The molecule has 0 aromatic rings. The summed E-state index contributed by atoms with van der Waals surface area (Å²) in [7, 11) is 0. The van der Waals surface area contributed by atoms with E-state index in [0.717, 1.165) is 71.4 Å². The van der Waals surface area contributed by atoms with E-state index in [0.29, 0.717) is 12.0 Å². The van der Waals surface area contributed by atoms with Crippen molar-refractivity contribution in [3.63, 3.8) is 0 Å². The molecule has 2 aliphatic heterocycles. The minimum absolute atomic E-state index is 0. The van der Waals surface area contributed by atoms with Crippen molar-refractivity contribution >= 4 is 36.8 Å². The highest BCUT2D eigenvalue weighted by Gasteiger charge is 2.29. The van der Waals surface area contributed by atoms with Gasteiger partial charge in [-0.2, -0.15) is 0 Å². The summed E-state index contributed by atoms with van der Waals surface area (Å²) in [5, 5.41) is 15.4. The number of nitrogens with one attached hydrogen (secondary N) is 2. The molecule has 2 saturated heterocycles. The van der Waals surface area contributed by atoms with Gasteiger partial charge in [-0.1, -0.05) is 0 Å². The van der Waals surface area contributed by atoms with Gasteiger partial charge in [-0.05, 0) is 64.0 Å². The first-order chi connectivity index (χ1) is 12.6. The van der Waals surface area contributed by atoms with E-state index in [1.807, 2.05) is 4.90 Å². The molecule has 164 valence electrons. The van der Waals surface area contributed by atoms with Gasteiger partial charge in [0.2, 0.25) is 0 Å². The van der Waals surface area contributed by atoms with Crippen molar-refractivity contribution in [3.8, 4) is 0 Å². The number of piperazine rings is 1. The van der Waals surface area contributed by atoms with Crippen LogP contribution in [-0.2, 0) is 4.79 Å². The van der Waals surface area contributed by atoms with Crippen LogP contribution in [0.4, 0.5) is 4.79 Å². The first-order valence-electron chi connectivity index (χ1n) is 10.3. The highest BCUT2D eigenvalue weighted by atomic mass is 35.5. The highest BCUT2D eigenvalue weighted by molar-refractivity contribution is 5.85. The molecule has 0 atom stereocenters. The largest absolute Gasteiger partial charge is 0.481 e. The average molecular weight is 439 g/mol. The predicted molar refractivity (Wildman–Crippen MR) is 115 cm³/mol. The smallest absolute Gasteiger partial charge is 0.317 e. The van der Waals surface area contributed by atoms with E-state index >= 15 is 0 Å². The maximum atomic E-state index is 12.6. The van der Waals surface area contributed by atoms with Crippen molar-refractivity contribution in [1.82, 2.24) is 20.4 Å². The molecular formula is C19H36Cl2N4O3. The minimum atomic E-state index is -0.705. The van der Waals surface area contributed by atoms with Gasteiger partial charge in [0.25, 0.3) is 0 Å². The van der Waals surface area contributed by atoms with Gasteiger partial charge in [0.1, 0.15) is 0 Å². The van der Waals surface area contributed by atoms with E-state index in [4.69, 9.17) is 5.11 Å². The Hall–Kier alpha value is -0.760. The Morgan fingerprint density at radius 3 is 2.11 bits per heavy atom. The lowest BCUT2D eigenvalue weighted by Crippen LogP contribution is -2.56. The van der Waals surface area contributed by atoms with Crippen LogP contribution in [0.1, 0.15) is 51.4 Å². The lowest BCUT2D eigenvalue weighted by molar-refractivity contribution is -0.137. The number of hydrogen-bond donors (Lipinski definition) is 3. The van der Waals surface area contributed by atoms with Gasteiger partial charge in [-0.15, -0.1) is 24.8 Å². The molecule has 0 spiro atoms. The summed E-state index contributed by atoms with van der Waals surface area (Å²) in [6, 6.07) is 1.03. The molecule has 3 aliphatic rings. The number of urea groups is 1. The number of carbonyl (C=O) groups excluding carboxylic acids is 1. The van der Waals surface area contributed by atoms with Gasteiger partial charge in [-0.25, -0.2) is 4.79 Å². The molecule has 2 heterocycles. The third kappa shape index (κ3) is 7.58. The fourth-order valence-corrected chi connectivity index (χ4v) is 4.65. The van der Waals surface area contributed by atoms with Crippen molar-refractivity contribution in [2.45, 2.75) is 63.5 Å². The molecule has 3 fully saturated rings. The third-order valence-corrected chi connectivity index (χ3v) is 6.37. The minimum Gasteiger partial charge on any atom is -0.481 e. The van der Waals surface area contributed by atoms with E-state index in [1.165, 1.54) is 12.8 Å².